The van der Waals surface area contributed by atoms with Crippen molar-refractivity contribution in [1.82, 2.24) is 4.90 Å². The number of nitrogens with one attached hydrogen (secondary N) is 1. The Bertz CT molecular complexity index is 499. The van der Waals surface area contributed by atoms with E-state index in [0.29, 0.717) is 17.7 Å². The van der Waals surface area contributed by atoms with Gasteiger partial charge in [-0.15, -0.1) is 0 Å². The van der Waals surface area contributed by atoms with Crippen LogP contribution in [0.25, 0.3) is 0 Å². The van der Waals surface area contributed by atoms with E-state index < -0.39 is 4.92 Å². The zero-order valence-corrected chi connectivity index (χ0v) is 12.8. The summed E-state index contributed by atoms with van der Waals surface area (Å²) in [5, 5.41) is 14.3. The number of hydrogen-bond donors (Lipinski definition) is 1. The molecule has 1 aliphatic rings. The van der Waals surface area contributed by atoms with Crippen molar-refractivity contribution >= 4 is 11.4 Å². The maximum Gasteiger partial charge on any atom is 0.273 e. The Labute approximate surface area is 125 Å². The second-order valence-electron chi connectivity index (χ2n) is 5.72. The molecular weight excluding hydrogens is 270 g/mol. The predicted octanol–water partition coefficient (Wildman–Crippen LogP) is 2.75. The van der Waals surface area contributed by atoms with Gasteiger partial charge in [-0.2, -0.15) is 0 Å². The quantitative estimate of drug-likeness (QED) is 0.668. The number of methoxy groups -OCH3 is 1. The zero-order valence-electron chi connectivity index (χ0n) is 12.8. The van der Waals surface area contributed by atoms with Crippen LogP contribution in [0, 0.1) is 16.0 Å². The van der Waals surface area contributed by atoms with Crippen molar-refractivity contribution in [2.75, 3.05) is 32.6 Å². The van der Waals surface area contributed by atoms with Crippen molar-refractivity contribution in [1.29, 1.82) is 0 Å². The lowest BCUT2D eigenvalue weighted by Crippen LogP contribution is -2.37. The summed E-state index contributed by atoms with van der Waals surface area (Å²) in [7, 11) is 3.68. The highest BCUT2D eigenvalue weighted by Gasteiger charge is 2.23. The fraction of sp³-hybridized carbons (Fsp3) is 0.600. The first-order chi connectivity index (χ1) is 10.0. The molecule has 1 atom stereocenters. The molecule has 1 unspecified atom stereocenters. The van der Waals surface area contributed by atoms with Gasteiger partial charge in [0.25, 0.3) is 5.69 Å². The molecule has 0 aliphatic carbocycles. The van der Waals surface area contributed by atoms with Crippen LogP contribution >= 0.6 is 0 Å². The van der Waals surface area contributed by atoms with Gasteiger partial charge < -0.3 is 15.0 Å². The highest BCUT2D eigenvalue weighted by molar-refractivity contribution is 5.61. The molecule has 1 aromatic rings. The largest absolute Gasteiger partial charge is 0.494 e. The zero-order chi connectivity index (χ0) is 15.4. The third kappa shape index (κ3) is 3.85. The van der Waals surface area contributed by atoms with E-state index in [1.165, 1.54) is 32.1 Å². The van der Waals surface area contributed by atoms with Crippen molar-refractivity contribution in [3.8, 4) is 5.75 Å². The Kier molecular flexibility index (Phi) is 5.01. The predicted molar refractivity (Wildman–Crippen MR) is 83.0 cm³/mol. The van der Waals surface area contributed by atoms with Gasteiger partial charge in [-0.1, -0.05) is 0 Å². The first-order valence-electron chi connectivity index (χ1n) is 7.28. The number of benzene rings is 1. The van der Waals surface area contributed by atoms with Crippen molar-refractivity contribution in [3.63, 3.8) is 0 Å². The Hall–Kier alpha value is -1.82. The summed E-state index contributed by atoms with van der Waals surface area (Å²) in [5.41, 5.74) is 0.860. The van der Waals surface area contributed by atoms with Gasteiger partial charge in [-0.05, 0) is 51.9 Å². The summed E-state index contributed by atoms with van der Waals surface area (Å²) in [5.74, 6) is 1.13. The number of hydrogen-bond acceptors (Lipinski definition) is 5. The van der Waals surface area contributed by atoms with Gasteiger partial charge in [0.2, 0.25) is 0 Å². The van der Waals surface area contributed by atoms with E-state index in [-0.39, 0.29) is 5.69 Å². The van der Waals surface area contributed by atoms with Crippen LogP contribution in [0.3, 0.4) is 0 Å². The average Bonchev–Trinajstić information content (AvgIpc) is 2.48. The van der Waals surface area contributed by atoms with Gasteiger partial charge in [0.05, 0.1) is 23.8 Å². The number of nitrogens with zero attached hydrogens (tertiary/aromatic N) is 2. The summed E-state index contributed by atoms with van der Waals surface area (Å²) >= 11 is 0. The monoisotopic (exact) mass is 293 g/mol. The second-order valence-corrected chi connectivity index (χ2v) is 5.72. The van der Waals surface area contributed by atoms with E-state index in [4.69, 9.17) is 4.74 Å². The standard InChI is InChI=1S/C15H23N3O3/c1-11(12-6-8-17(2)9-7-12)16-14-5-4-13(18(19)20)10-15(14)21-3/h4-5,10-12,16H,6-9H2,1-3H3. The molecule has 2 rings (SSSR count). The van der Waals surface area contributed by atoms with Gasteiger partial charge in [0.15, 0.2) is 0 Å². The molecule has 21 heavy (non-hydrogen) atoms. The minimum atomic E-state index is -0.410. The van der Waals surface area contributed by atoms with Gasteiger partial charge in [0, 0.05) is 12.1 Å². The van der Waals surface area contributed by atoms with Crippen molar-refractivity contribution in [3.05, 3.63) is 28.3 Å². The fourth-order valence-electron chi connectivity index (χ4n) is 2.80. The second kappa shape index (κ2) is 6.76. The molecule has 0 bridgehead atoms. The molecule has 1 N–H and O–H groups in total. The van der Waals surface area contributed by atoms with Crippen LogP contribution in [0.2, 0.25) is 0 Å². The molecule has 1 saturated heterocycles. The number of non-ortho nitro benzene ring substituents is 1. The Balaban J connectivity index is 2.06. The first-order valence-corrected chi connectivity index (χ1v) is 7.28. The lowest BCUT2D eigenvalue weighted by molar-refractivity contribution is -0.384. The molecule has 0 aromatic heterocycles. The van der Waals surface area contributed by atoms with E-state index in [0.717, 1.165) is 18.8 Å². The lowest BCUT2D eigenvalue weighted by Gasteiger charge is -2.33. The van der Waals surface area contributed by atoms with Crippen LogP contribution in [0.1, 0.15) is 19.8 Å². The summed E-state index contributed by atoms with van der Waals surface area (Å²) < 4.78 is 5.27. The minimum absolute atomic E-state index is 0.0457. The van der Waals surface area contributed by atoms with Gasteiger partial charge >= 0.3 is 0 Å². The number of anilines is 1. The maximum absolute atomic E-state index is 10.8. The molecule has 0 radical (unpaired) electrons. The van der Waals surface area contributed by atoms with E-state index in [1.807, 2.05) is 0 Å². The Morgan fingerprint density at radius 1 is 1.43 bits per heavy atom. The lowest BCUT2D eigenvalue weighted by atomic mass is 9.90. The average molecular weight is 293 g/mol. The van der Waals surface area contributed by atoms with Gasteiger partial charge in [-0.3, -0.25) is 10.1 Å². The van der Waals surface area contributed by atoms with Crippen LogP contribution in [-0.4, -0.2) is 43.1 Å². The highest BCUT2D eigenvalue weighted by atomic mass is 16.6. The van der Waals surface area contributed by atoms with E-state index in [1.54, 1.807) is 6.07 Å². The van der Waals surface area contributed by atoms with Crippen LogP contribution in [0.5, 0.6) is 5.75 Å². The molecular formula is C15H23N3O3. The van der Waals surface area contributed by atoms with E-state index in [2.05, 4.69) is 24.2 Å². The molecule has 0 saturated carbocycles. The van der Waals surface area contributed by atoms with E-state index >= 15 is 0 Å². The maximum atomic E-state index is 10.8. The van der Waals surface area contributed by atoms with E-state index in [9.17, 15) is 10.1 Å². The molecule has 0 amide bonds. The van der Waals surface area contributed by atoms with Crippen LogP contribution in [-0.2, 0) is 0 Å². The number of nitro groups is 1. The normalized spacial score (nSPS) is 18.2. The summed E-state index contributed by atoms with van der Waals surface area (Å²) in [6, 6.07) is 5.01. The molecule has 1 heterocycles. The Morgan fingerprint density at radius 2 is 2.10 bits per heavy atom. The third-order valence-corrected chi connectivity index (χ3v) is 4.25. The number of ether oxygens (including phenoxy) is 1. The number of piperidine rings is 1. The summed E-state index contributed by atoms with van der Waals surface area (Å²) in [6.45, 7) is 4.40. The molecule has 1 fully saturated rings. The first kappa shape index (κ1) is 15.6. The van der Waals surface area contributed by atoms with Crippen LogP contribution in [0.4, 0.5) is 11.4 Å². The van der Waals surface area contributed by atoms with Crippen molar-refractivity contribution in [2.24, 2.45) is 5.92 Å². The minimum Gasteiger partial charge on any atom is -0.494 e. The Morgan fingerprint density at radius 3 is 2.67 bits per heavy atom. The fourth-order valence-corrected chi connectivity index (χ4v) is 2.80. The topological polar surface area (TPSA) is 67.6 Å². The summed E-state index contributed by atoms with van der Waals surface area (Å²) in [6.07, 6.45) is 2.33. The molecule has 1 aromatic carbocycles. The SMILES string of the molecule is COc1cc([N+](=O)[O-])ccc1NC(C)C1CCN(C)CC1. The van der Waals surface area contributed by atoms with Crippen molar-refractivity contribution < 1.29 is 9.66 Å². The molecule has 6 nitrogen and oxygen atoms in total. The number of nitro benzene ring substituents is 1. The summed E-state index contributed by atoms with van der Waals surface area (Å²) in [4.78, 5) is 12.7. The molecule has 0 spiro atoms. The molecule has 1 aliphatic heterocycles. The van der Waals surface area contributed by atoms with Crippen LogP contribution in [0.15, 0.2) is 18.2 Å². The smallest absolute Gasteiger partial charge is 0.273 e. The number of likely N-dealkylation sites (tertiary alicyclic amines) is 1. The van der Waals surface area contributed by atoms with Gasteiger partial charge in [0.1, 0.15) is 5.75 Å². The molecule has 116 valence electrons. The number of rotatable bonds is 5. The highest BCUT2D eigenvalue weighted by Crippen LogP contribution is 2.31. The molecule has 6 heteroatoms. The third-order valence-electron chi connectivity index (χ3n) is 4.25. The van der Waals surface area contributed by atoms with Gasteiger partial charge in [-0.25, -0.2) is 0 Å². The van der Waals surface area contributed by atoms with Crippen molar-refractivity contribution in [2.45, 2.75) is 25.8 Å². The van der Waals surface area contributed by atoms with Crippen LogP contribution < -0.4 is 10.1 Å².